The summed E-state index contributed by atoms with van der Waals surface area (Å²) in [6.45, 7) is 1.53. The second-order valence-corrected chi connectivity index (χ2v) is 7.12. The van der Waals surface area contributed by atoms with Crippen molar-refractivity contribution in [2.75, 3.05) is 0 Å². The highest BCUT2D eigenvalue weighted by Gasteiger charge is 2.33. The number of benzene rings is 2. The van der Waals surface area contributed by atoms with Crippen molar-refractivity contribution >= 4 is 39.3 Å². The minimum absolute atomic E-state index is 0.0184. The van der Waals surface area contributed by atoms with Crippen LogP contribution in [0.25, 0.3) is 11.0 Å². The Morgan fingerprint density at radius 1 is 1.21 bits per heavy atom. The number of para-hydroxylation sites is 1. The Labute approximate surface area is 151 Å². The minimum atomic E-state index is -0.445. The number of hydrogen-bond acceptors (Lipinski definition) is 4. The summed E-state index contributed by atoms with van der Waals surface area (Å²) in [5, 5.41) is 0.741. The van der Waals surface area contributed by atoms with E-state index in [1.54, 1.807) is 6.07 Å². The molecule has 4 nitrogen and oxygen atoms in total. The normalized spacial score (nSPS) is 15.5. The van der Waals surface area contributed by atoms with Crippen LogP contribution in [0.2, 0.25) is 0 Å². The fourth-order valence-corrected chi connectivity index (χ4v) is 3.66. The lowest BCUT2D eigenvalue weighted by Crippen LogP contribution is -2.21. The zero-order chi connectivity index (χ0) is 16.8. The Kier molecular flexibility index (Phi) is 3.68. The third kappa shape index (κ3) is 2.43. The molecule has 0 radical (unpaired) electrons. The average molecular weight is 432 g/mol. The number of carbonyl (C=O) groups is 1. The van der Waals surface area contributed by atoms with Gasteiger partial charge in [0.25, 0.3) is 0 Å². The first-order valence-electron chi connectivity index (χ1n) is 7.57. The monoisotopic (exact) mass is 432 g/mol. The lowest BCUT2D eigenvalue weighted by atomic mass is 9.85. The number of ether oxygens (including phenoxy) is 1. The standard InChI is InChI=1S/C19H13IO4/c1-10(21)8-14-12-7-6-11(20)9-16(12)23-18-13-4-2-3-5-15(13)24-19(22)17(14)18/h2-7,9,14H,8H2,1H3. The molecule has 0 bridgehead atoms. The van der Waals surface area contributed by atoms with Crippen LogP contribution in [0, 0.1) is 3.57 Å². The van der Waals surface area contributed by atoms with E-state index in [0.717, 1.165) is 14.5 Å². The van der Waals surface area contributed by atoms with E-state index in [1.165, 1.54) is 6.92 Å². The van der Waals surface area contributed by atoms with E-state index in [4.69, 9.17) is 9.15 Å². The van der Waals surface area contributed by atoms with Crippen LogP contribution in [0.15, 0.2) is 51.7 Å². The van der Waals surface area contributed by atoms with E-state index >= 15 is 0 Å². The van der Waals surface area contributed by atoms with Crippen LogP contribution in [0.5, 0.6) is 11.5 Å². The molecule has 0 spiro atoms. The van der Waals surface area contributed by atoms with Gasteiger partial charge in [0, 0.05) is 21.5 Å². The van der Waals surface area contributed by atoms with Crippen LogP contribution in [-0.4, -0.2) is 5.78 Å². The van der Waals surface area contributed by atoms with Gasteiger partial charge in [-0.25, -0.2) is 4.79 Å². The molecule has 0 N–H and O–H groups in total. The summed E-state index contributed by atoms with van der Waals surface area (Å²) in [6, 6.07) is 13.1. The largest absolute Gasteiger partial charge is 0.456 e. The maximum atomic E-state index is 12.6. The fourth-order valence-electron chi connectivity index (χ4n) is 3.20. The van der Waals surface area contributed by atoms with Gasteiger partial charge in [-0.3, -0.25) is 4.79 Å². The van der Waals surface area contributed by atoms with Crippen molar-refractivity contribution in [2.24, 2.45) is 0 Å². The Morgan fingerprint density at radius 3 is 2.79 bits per heavy atom. The predicted octanol–water partition coefficient (Wildman–Crippen LogP) is 4.61. The van der Waals surface area contributed by atoms with Crippen molar-refractivity contribution in [3.05, 3.63) is 67.6 Å². The zero-order valence-electron chi connectivity index (χ0n) is 12.8. The van der Waals surface area contributed by atoms with Crippen molar-refractivity contribution in [2.45, 2.75) is 19.3 Å². The topological polar surface area (TPSA) is 56.5 Å². The molecule has 1 unspecified atom stereocenters. The lowest BCUT2D eigenvalue weighted by molar-refractivity contribution is -0.117. The fraction of sp³-hybridized carbons (Fsp3) is 0.158. The summed E-state index contributed by atoms with van der Waals surface area (Å²) < 4.78 is 12.6. The molecule has 4 rings (SSSR count). The van der Waals surface area contributed by atoms with Crippen LogP contribution in [0.3, 0.4) is 0 Å². The average Bonchev–Trinajstić information content (AvgIpc) is 2.53. The number of carbonyl (C=O) groups excluding carboxylic acids is 1. The van der Waals surface area contributed by atoms with E-state index < -0.39 is 5.63 Å². The van der Waals surface area contributed by atoms with Crippen LogP contribution < -0.4 is 10.4 Å². The van der Waals surface area contributed by atoms with Crippen molar-refractivity contribution in [1.82, 2.24) is 0 Å². The van der Waals surface area contributed by atoms with Crippen molar-refractivity contribution < 1.29 is 13.9 Å². The number of fused-ring (bicyclic) bond motifs is 4. The van der Waals surface area contributed by atoms with Crippen molar-refractivity contribution in [1.29, 1.82) is 0 Å². The molecule has 24 heavy (non-hydrogen) atoms. The van der Waals surface area contributed by atoms with Crippen LogP contribution in [0.4, 0.5) is 0 Å². The first-order valence-corrected chi connectivity index (χ1v) is 8.65. The zero-order valence-corrected chi connectivity index (χ0v) is 15.0. The highest BCUT2D eigenvalue weighted by atomic mass is 127. The van der Waals surface area contributed by atoms with Crippen molar-refractivity contribution in [3.8, 4) is 11.5 Å². The molecule has 120 valence electrons. The van der Waals surface area contributed by atoms with Crippen LogP contribution >= 0.6 is 22.6 Å². The van der Waals surface area contributed by atoms with Crippen LogP contribution in [-0.2, 0) is 4.79 Å². The Hall–Kier alpha value is -2.15. The van der Waals surface area contributed by atoms with E-state index in [0.29, 0.717) is 22.6 Å². The summed E-state index contributed by atoms with van der Waals surface area (Å²) >= 11 is 2.22. The Balaban J connectivity index is 2.05. The summed E-state index contributed by atoms with van der Waals surface area (Å²) in [5.41, 5.74) is 1.31. The van der Waals surface area contributed by atoms with Gasteiger partial charge in [0.2, 0.25) is 0 Å². The molecule has 0 saturated carbocycles. The van der Waals surface area contributed by atoms with Crippen LogP contribution in [0.1, 0.15) is 30.4 Å². The molecule has 1 aromatic heterocycles. The molecular formula is C19H13IO4. The Morgan fingerprint density at radius 2 is 2.00 bits per heavy atom. The lowest BCUT2D eigenvalue weighted by Gasteiger charge is -2.27. The van der Waals surface area contributed by atoms with Gasteiger partial charge in [0.15, 0.2) is 0 Å². The number of halogens is 1. The van der Waals surface area contributed by atoms with E-state index in [-0.39, 0.29) is 18.1 Å². The highest BCUT2D eigenvalue weighted by Crippen LogP contribution is 2.47. The smallest absolute Gasteiger partial charge is 0.343 e. The molecule has 0 aliphatic carbocycles. The SMILES string of the molecule is CC(=O)CC1c2ccc(I)cc2Oc2c1c(=O)oc1ccccc21. The van der Waals surface area contributed by atoms with Gasteiger partial charge < -0.3 is 9.15 Å². The Bertz CT molecular complexity index is 1040. The quantitative estimate of drug-likeness (QED) is 0.438. The molecule has 0 saturated heterocycles. The molecule has 1 aliphatic heterocycles. The first-order chi connectivity index (χ1) is 11.5. The van der Waals surface area contributed by atoms with Gasteiger partial charge in [0.1, 0.15) is 22.9 Å². The molecule has 0 amide bonds. The third-order valence-electron chi connectivity index (χ3n) is 4.20. The molecule has 0 fully saturated rings. The molecule has 3 aromatic rings. The molecule has 1 aliphatic rings. The van der Waals surface area contributed by atoms with E-state index in [1.807, 2.05) is 36.4 Å². The highest BCUT2D eigenvalue weighted by molar-refractivity contribution is 14.1. The van der Waals surface area contributed by atoms with Gasteiger partial charge in [-0.1, -0.05) is 18.2 Å². The molecule has 2 heterocycles. The van der Waals surface area contributed by atoms with Gasteiger partial charge >= 0.3 is 5.63 Å². The summed E-state index contributed by atoms with van der Waals surface area (Å²) in [5.74, 6) is 0.864. The van der Waals surface area contributed by atoms with Gasteiger partial charge in [-0.2, -0.15) is 0 Å². The summed E-state index contributed by atoms with van der Waals surface area (Å²) in [7, 11) is 0. The third-order valence-corrected chi connectivity index (χ3v) is 4.87. The number of Topliss-reactive ketones (excluding diaryl/α,β-unsaturated/α-hetero) is 1. The summed E-state index contributed by atoms with van der Waals surface area (Å²) in [4.78, 5) is 24.4. The molecule has 1 atom stereocenters. The second-order valence-electron chi connectivity index (χ2n) is 5.87. The van der Waals surface area contributed by atoms with Gasteiger partial charge in [-0.15, -0.1) is 0 Å². The minimum Gasteiger partial charge on any atom is -0.456 e. The predicted molar refractivity (Wildman–Crippen MR) is 98.9 cm³/mol. The van der Waals surface area contributed by atoms with Gasteiger partial charge in [0.05, 0.1) is 10.9 Å². The van der Waals surface area contributed by atoms with E-state index in [9.17, 15) is 9.59 Å². The maximum absolute atomic E-state index is 12.6. The number of rotatable bonds is 2. The first kappa shape index (κ1) is 15.4. The maximum Gasteiger partial charge on any atom is 0.343 e. The molecular weight excluding hydrogens is 419 g/mol. The number of ketones is 1. The molecule has 2 aromatic carbocycles. The molecule has 5 heteroatoms. The van der Waals surface area contributed by atoms with Gasteiger partial charge in [-0.05, 0) is 53.8 Å². The van der Waals surface area contributed by atoms with Crippen molar-refractivity contribution in [3.63, 3.8) is 0 Å². The second kappa shape index (κ2) is 5.73. The number of hydrogen-bond donors (Lipinski definition) is 0. The summed E-state index contributed by atoms with van der Waals surface area (Å²) in [6.07, 6.45) is 0.243. The van der Waals surface area contributed by atoms with E-state index in [2.05, 4.69) is 22.6 Å².